The van der Waals surface area contributed by atoms with E-state index in [2.05, 4.69) is 10.4 Å². The van der Waals surface area contributed by atoms with Crippen LogP contribution in [-0.4, -0.2) is 47.9 Å². The van der Waals surface area contributed by atoms with Gasteiger partial charge in [0.25, 0.3) is 5.91 Å². The van der Waals surface area contributed by atoms with Crippen LogP contribution in [0.4, 0.5) is 5.69 Å². The van der Waals surface area contributed by atoms with Crippen molar-refractivity contribution < 1.29 is 28.6 Å². The Kier molecular flexibility index (Phi) is 6.34. The molecule has 9 nitrogen and oxygen atoms in total. The van der Waals surface area contributed by atoms with Gasteiger partial charge >= 0.3 is 5.97 Å². The first-order chi connectivity index (χ1) is 15.5. The third-order valence-corrected chi connectivity index (χ3v) is 5.06. The molecule has 2 aromatic rings. The van der Waals surface area contributed by atoms with E-state index >= 15 is 0 Å². The minimum atomic E-state index is -1.02. The van der Waals surface area contributed by atoms with Gasteiger partial charge in [0, 0.05) is 24.6 Å². The lowest BCUT2D eigenvalue weighted by Crippen LogP contribution is -2.30. The summed E-state index contributed by atoms with van der Waals surface area (Å²) in [4.78, 5) is 36.8. The molecule has 2 heterocycles. The number of rotatable bonds is 7. The van der Waals surface area contributed by atoms with Crippen LogP contribution in [0, 0.1) is 0 Å². The van der Waals surface area contributed by atoms with Crippen LogP contribution in [0.2, 0.25) is 0 Å². The largest absolute Gasteiger partial charge is 0.454 e. The van der Waals surface area contributed by atoms with E-state index in [1.54, 1.807) is 18.2 Å². The van der Waals surface area contributed by atoms with Crippen LogP contribution in [0.25, 0.3) is 0 Å². The summed E-state index contributed by atoms with van der Waals surface area (Å²) in [5, 5.41) is 8.40. The van der Waals surface area contributed by atoms with Crippen molar-refractivity contribution in [2.75, 3.05) is 18.7 Å². The van der Waals surface area contributed by atoms with Crippen LogP contribution in [0.1, 0.15) is 31.7 Å². The molecule has 0 saturated heterocycles. The molecule has 2 aliphatic heterocycles. The van der Waals surface area contributed by atoms with Crippen LogP contribution in [-0.2, 0) is 19.1 Å². The summed E-state index contributed by atoms with van der Waals surface area (Å²) in [5.41, 5.74) is 2.32. The van der Waals surface area contributed by atoms with Gasteiger partial charge < -0.3 is 19.5 Å². The Hall–Kier alpha value is -3.88. The standard InChI is InChI=1S/C23H23N3O6/c1-15(23(29)24-17-7-8-19-20(13-17)31-14-30-19)32-22(28)10-9-21(27)26-12-11-18(25-26)16-5-3-2-4-6-16/h2-8,13,15H,9-12,14H2,1H3,(H,24,29)/t15-/m0/s1. The van der Waals surface area contributed by atoms with Gasteiger partial charge in [0.1, 0.15) is 0 Å². The number of nitrogens with zero attached hydrogens (tertiary/aromatic N) is 2. The van der Waals surface area contributed by atoms with Crippen LogP contribution in [0.15, 0.2) is 53.6 Å². The van der Waals surface area contributed by atoms with Gasteiger partial charge in [0.05, 0.1) is 18.7 Å². The second kappa shape index (κ2) is 9.51. The molecule has 0 spiro atoms. The quantitative estimate of drug-likeness (QED) is 0.668. The molecule has 2 aliphatic rings. The minimum Gasteiger partial charge on any atom is -0.454 e. The second-order valence-electron chi connectivity index (χ2n) is 7.37. The third kappa shape index (κ3) is 5.05. The van der Waals surface area contributed by atoms with Crippen molar-refractivity contribution in [3.63, 3.8) is 0 Å². The predicted octanol–water partition coefficient (Wildman–Crippen LogP) is 2.70. The van der Waals surface area contributed by atoms with E-state index in [1.807, 2.05) is 30.3 Å². The second-order valence-corrected chi connectivity index (χ2v) is 7.37. The van der Waals surface area contributed by atoms with Crippen LogP contribution in [0.5, 0.6) is 11.5 Å². The van der Waals surface area contributed by atoms with Crippen molar-refractivity contribution in [2.24, 2.45) is 5.10 Å². The molecule has 0 bridgehead atoms. The van der Waals surface area contributed by atoms with Crippen LogP contribution < -0.4 is 14.8 Å². The average Bonchev–Trinajstić information content (AvgIpc) is 3.47. The molecule has 0 aliphatic carbocycles. The Morgan fingerprint density at radius 2 is 1.88 bits per heavy atom. The lowest BCUT2D eigenvalue weighted by Gasteiger charge is -2.14. The molecule has 2 amide bonds. The van der Waals surface area contributed by atoms with Gasteiger partial charge in [-0.2, -0.15) is 5.10 Å². The van der Waals surface area contributed by atoms with Gasteiger partial charge in [0.15, 0.2) is 17.6 Å². The fourth-order valence-electron chi connectivity index (χ4n) is 3.34. The number of carbonyl (C=O) groups excluding carboxylic acids is 3. The molecule has 0 saturated carbocycles. The molecule has 0 radical (unpaired) electrons. The van der Waals surface area contributed by atoms with E-state index in [0.717, 1.165) is 11.3 Å². The molecule has 4 rings (SSSR count). The molecule has 1 atom stereocenters. The molecule has 166 valence electrons. The zero-order chi connectivity index (χ0) is 22.5. The van der Waals surface area contributed by atoms with E-state index in [4.69, 9.17) is 14.2 Å². The maximum Gasteiger partial charge on any atom is 0.307 e. The predicted molar refractivity (Wildman–Crippen MR) is 115 cm³/mol. The van der Waals surface area contributed by atoms with Crippen molar-refractivity contribution in [3.8, 4) is 11.5 Å². The van der Waals surface area contributed by atoms with Gasteiger partial charge in [-0.1, -0.05) is 30.3 Å². The summed E-state index contributed by atoms with van der Waals surface area (Å²) < 4.78 is 15.7. The highest BCUT2D eigenvalue weighted by Gasteiger charge is 2.24. The van der Waals surface area contributed by atoms with Crippen LogP contribution in [0.3, 0.4) is 0 Å². The van der Waals surface area contributed by atoms with Crippen molar-refractivity contribution in [2.45, 2.75) is 32.3 Å². The molecule has 1 N–H and O–H groups in total. The number of hydrogen-bond donors (Lipinski definition) is 1. The average molecular weight is 437 g/mol. The Bertz CT molecular complexity index is 1050. The normalized spacial score (nSPS) is 15.2. The fourth-order valence-corrected chi connectivity index (χ4v) is 3.34. The maximum absolute atomic E-state index is 12.4. The first kappa shape index (κ1) is 21.4. The molecule has 2 aromatic carbocycles. The summed E-state index contributed by atoms with van der Waals surface area (Å²) in [5.74, 6) is -0.236. The first-order valence-electron chi connectivity index (χ1n) is 10.3. The number of nitrogens with one attached hydrogen (secondary N) is 1. The Morgan fingerprint density at radius 3 is 2.69 bits per heavy atom. The number of ether oxygens (including phenoxy) is 3. The SMILES string of the molecule is C[C@H](OC(=O)CCC(=O)N1CCC(c2ccccc2)=N1)C(=O)Nc1ccc2c(c1)OCO2. The van der Waals surface area contributed by atoms with E-state index in [9.17, 15) is 14.4 Å². The van der Waals surface area contributed by atoms with E-state index < -0.39 is 18.0 Å². The highest BCUT2D eigenvalue weighted by Crippen LogP contribution is 2.34. The summed E-state index contributed by atoms with van der Waals surface area (Å²) >= 11 is 0. The number of hydrogen-bond acceptors (Lipinski definition) is 7. The molecule has 32 heavy (non-hydrogen) atoms. The zero-order valence-corrected chi connectivity index (χ0v) is 17.6. The van der Waals surface area contributed by atoms with Gasteiger partial charge in [-0.3, -0.25) is 14.4 Å². The highest BCUT2D eigenvalue weighted by molar-refractivity contribution is 6.02. The number of benzene rings is 2. The van der Waals surface area contributed by atoms with Crippen LogP contribution >= 0.6 is 0 Å². The van der Waals surface area contributed by atoms with E-state index in [0.29, 0.717) is 30.2 Å². The van der Waals surface area contributed by atoms with Gasteiger partial charge in [-0.25, -0.2) is 5.01 Å². The Labute approximate surface area is 184 Å². The Balaban J connectivity index is 1.22. The summed E-state index contributed by atoms with van der Waals surface area (Å²) in [6.45, 7) is 2.08. The molecule has 0 unspecified atom stereocenters. The van der Waals surface area contributed by atoms with Gasteiger partial charge in [-0.05, 0) is 24.6 Å². The highest BCUT2D eigenvalue weighted by atomic mass is 16.7. The zero-order valence-electron chi connectivity index (χ0n) is 17.6. The summed E-state index contributed by atoms with van der Waals surface area (Å²) in [6.07, 6.45) is -0.525. The number of amides is 2. The van der Waals surface area contributed by atoms with Crippen molar-refractivity contribution in [1.82, 2.24) is 5.01 Å². The minimum absolute atomic E-state index is 0.0408. The number of anilines is 1. The number of carbonyl (C=O) groups is 3. The van der Waals surface area contributed by atoms with E-state index in [-0.39, 0.29) is 25.5 Å². The fraction of sp³-hybridized carbons (Fsp3) is 0.304. The third-order valence-electron chi connectivity index (χ3n) is 5.06. The number of esters is 1. The van der Waals surface area contributed by atoms with Crippen molar-refractivity contribution >= 4 is 29.2 Å². The van der Waals surface area contributed by atoms with Crippen molar-refractivity contribution in [1.29, 1.82) is 0 Å². The number of hydrazone groups is 1. The van der Waals surface area contributed by atoms with Gasteiger partial charge in [0.2, 0.25) is 12.7 Å². The summed E-state index contributed by atoms with van der Waals surface area (Å²) in [7, 11) is 0. The summed E-state index contributed by atoms with van der Waals surface area (Å²) in [6, 6.07) is 14.6. The lowest BCUT2D eigenvalue weighted by molar-refractivity contribution is -0.154. The molecular weight excluding hydrogens is 414 g/mol. The molecular formula is C23H23N3O6. The van der Waals surface area contributed by atoms with Gasteiger partial charge in [-0.15, -0.1) is 0 Å². The lowest BCUT2D eigenvalue weighted by atomic mass is 10.1. The maximum atomic E-state index is 12.4. The topological polar surface area (TPSA) is 107 Å². The molecule has 0 aromatic heterocycles. The van der Waals surface area contributed by atoms with Crippen molar-refractivity contribution in [3.05, 3.63) is 54.1 Å². The monoisotopic (exact) mass is 437 g/mol. The molecule has 0 fully saturated rings. The Morgan fingerprint density at radius 1 is 1.09 bits per heavy atom. The molecule has 9 heteroatoms. The first-order valence-corrected chi connectivity index (χ1v) is 10.3. The smallest absolute Gasteiger partial charge is 0.307 e. The number of fused-ring (bicyclic) bond motifs is 1. The van der Waals surface area contributed by atoms with E-state index in [1.165, 1.54) is 11.9 Å².